The average molecular weight is 616 g/mol. The molecule has 2 N–H and O–H groups in total. The Bertz CT molecular complexity index is 1580. The van der Waals surface area contributed by atoms with E-state index in [9.17, 15) is 13.2 Å². The number of ether oxygens (including phenoxy) is 2. The number of rotatable bonds is 10. The summed E-state index contributed by atoms with van der Waals surface area (Å²) >= 11 is 6.57. The lowest BCUT2D eigenvalue weighted by Gasteiger charge is -2.31. The molecule has 3 aromatic carbocycles. The van der Waals surface area contributed by atoms with E-state index in [-0.39, 0.29) is 45.6 Å². The lowest BCUT2D eigenvalue weighted by molar-refractivity contribution is -0.121. The summed E-state index contributed by atoms with van der Waals surface area (Å²) in [6.07, 6.45) is 2.27. The van der Waals surface area contributed by atoms with E-state index < -0.39 is 27.2 Å². The first kappa shape index (κ1) is 30.3. The zero-order chi connectivity index (χ0) is 30.2. The van der Waals surface area contributed by atoms with Crippen LogP contribution in [0, 0.1) is 5.82 Å². The van der Waals surface area contributed by atoms with E-state index in [1.54, 1.807) is 18.2 Å². The van der Waals surface area contributed by atoms with Crippen LogP contribution in [-0.4, -0.2) is 51.7 Å². The number of fused-ring (bicyclic) bond motifs is 1. The number of likely N-dealkylation sites (tertiary alicyclic amines) is 1. The molecule has 1 amide bonds. The fourth-order valence-corrected chi connectivity index (χ4v) is 7.75. The number of sulfonamides is 1. The van der Waals surface area contributed by atoms with Gasteiger partial charge >= 0.3 is 0 Å². The minimum Gasteiger partial charge on any atom is -0.495 e. The second kappa shape index (κ2) is 11.8. The summed E-state index contributed by atoms with van der Waals surface area (Å²) in [5.41, 5.74) is 5.05. The van der Waals surface area contributed by atoms with Gasteiger partial charge in [0.15, 0.2) is 0 Å². The molecule has 2 aliphatic heterocycles. The van der Waals surface area contributed by atoms with Crippen LogP contribution in [0.3, 0.4) is 0 Å². The Kier molecular flexibility index (Phi) is 8.53. The Morgan fingerprint density at radius 1 is 1.12 bits per heavy atom. The fraction of sp³-hybridized carbons (Fsp3) is 0.387. The molecule has 0 radical (unpaired) electrons. The van der Waals surface area contributed by atoms with Gasteiger partial charge in [-0.05, 0) is 94.6 Å². The Morgan fingerprint density at radius 3 is 2.45 bits per heavy atom. The van der Waals surface area contributed by atoms with E-state index in [0.717, 1.165) is 23.7 Å². The van der Waals surface area contributed by atoms with Crippen LogP contribution in [0.15, 0.2) is 65.6 Å². The van der Waals surface area contributed by atoms with E-state index in [2.05, 4.69) is 4.90 Å². The van der Waals surface area contributed by atoms with Gasteiger partial charge in [-0.2, -0.15) is 0 Å². The van der Waals surface area contributed by atoms with Gasteiger partial charge in [-0.3, -0.25) is 9.69 Å². The minimum atomic E-state index is -4.45. The first-order chi connectivity index (χ1) is 20.0. The summed E-state index contributed by atoms with van der Waals surface area (Å²) in [7, 11) is -3.05. The maximum absolute atomic E-state index is 15.7. The lowest BCUT2D eigenvalue weighted by atomic mass is 9.72. The van der Waals surface area contributed by atoms with Crippen molar-refractivity contribution in [3.63, 3.8) is 0 Å². The van der Waals surface area contributed by atoms with Crippen molar-refractivity contribution in [1.82, 2.24) is 4.90 Å². The molecular weight excluding hydrogens is 581 g/mol. The number of amides is 1. The maximum Gasteiger partial charge on any atom is 0.270 e. The molecule has 1 fully saturated rings. The topological polar surface area (TPSA) is 102 Å². The maximum atomic E-state index is 15.7. The summed E-state index contributed by atoms with van der Waals surface area (Å²) in [5, 5.41) is 0.181. The molecule has 0 aliphatic carbocycles. The molecule has 2 atom stereocenters. The molecule has 11 heteroatoms. The van der Waals surface area contributed by atoms with Crippen molar-refractivity contribution >= 4 is 33.2 Å². The summed E-state index contributed by atoms with van der Waals surface area (Å²) in [6, 6.07) is 14.8. The van der Waals surface area contributed by atoms with Crippen molar-refractivity contribution in [1.29, 1.82) is 0 Å². The van der Waals surface area contributed by atoms with E-state index in [1.807, 2.05) is 13.8 Å². The lowest BCUT2D eigenvalue weighted by Crippen LogP contribution is -2.45. The number of nitrogens with two attached hydrogens (primary N) is 1. The van der Waals surface area contributed by atoms with Crippen molar-refractivity contribution in [2.24, 2.45) is 5.73 Å². The van der Waals surface area contributed by atoms with Crippen LogP contribution in [0.2, 0.25) is 5.02 Å². The number of anilines is 1. The molecule has 0 aromatic heterocycles. The molecule has 0 spiro atoms. The summed E-state index contributed by atoms with van der Waals surface area (Å²) in [4.78, 5) is 16.7. The second-order valence-electron chi connectivity index (χ2n) is 11.0. The quantitative estimate of drug-likeness (QED) is 0.323. The standard InChI is InChI=1S/C31H35ClFN3O5S/c1-20(2)41-21-11-13-22(14-12-21)42(38,39)36-27-19-28(40-3)25(32)18-24(27)31(30(36)37,23-8-4-5-9-26(23)33)15-7-17-35-16-6-10-29(35)34/h4-5,8-9,11-14,18-20,29H,6-7,10,15-17,34H2,1-3H3. The highest BCUT2D eigenvalue weighted by atomic mass is 35.5. The fourth-order valence-electron chi connectivity index (χ4n) is 6.03. The van der Waals surface area contributed by atoms with Gasteiger partial charge in [0.25, 0.3) is 15.9 Å². The van der Waals surface area contributed by atoms with Crippen LogP contribution in [0.1, 0.15) is 50.7 Å². The van der Waals surface area contributed by atoms with Crippen LogP contribution in [0.25, 0.3) is 0 Å². The first-order valence-electron chi connectivity index (χ1n) is 14.0. The van der Waals surface area contributed by atoms with Gasteiger partial charge in [0.05, 0.1) is 35.0 Å². The van der Waals surface area contributed by atoms with Gasteiger partial charge in [0.2, 0.25) is 0 Å². The van der Waals surface area contributed by atoms with Gasteiger partial charge < -0.3 is 15.2 Å². The Hall–Kier alpha value is -3.18. The minimum absolute atomic E-state index is 0.0740. The van der Waals surface area contributed by atoms with Crippen LogP contribution >= 0.6 is 11.6 Å². The second-order valence-corrected chi connectivity index (χ2v) is 13.1. The monoisotopic (exact) mass is 615 g/mol. The smallest absolute Gasteiger partial charge is 0.270 e. The molecular formula is C31H35ClFN3O5S. The average Bonchev–Trinajstić information content (AvgIpc) is 3.46. The van der Waals surface area contributed by atoms with Crippen molar-refractivity contribution in [2.75, 3.05) is 24.5 Å². The van der Waals surface area contributed by atoms with E-state index in [0.29, 0.717) is 24.3 Å². The van der Waals surface area contributed by atoms with Gasteiger partial charge in [-0.25, -0.2) is 17.1 Å². The zero-order valence-electron chi connectivity index (χ0n) is 23.8. The van der Waals surface area contributed by atoms with Crippen molar-refractivity contribution in [3.8, 4) is 11.5 Å². The Labute approximate surface area is 251 Å². The first-order valence-corrected chi connectivity index (χ1v) is 15.8. The van der Waals surface area contributed by atoms with E-state index >= 15 is 4.39 Å². The number of nitrogens with zero attached hydrogens (tertiary/aromatic N) is 2. The van der Waals surface area contributed by atoms with Gasteiger partial charge in [0.1, 0.15) is 22.7 Å². The van der Waals surface area contributed by atoms with Crippen LogP contribution < -0.4 is 19.5 Å². The molecule has 42 heavy (non-hydrogen) atoms. The summed E-state index contributed by atoms with van der Waals surface area (Å²) in [6.45, 7) is 5.14. The Morgan fingerprint density at radius 2 is 1.83 bits per heavy atom. The SMILES string of the molecule is COc1cc2c(cc1Cl)C(CCCN1CCCC1N)(c1ccccc1F)C(=O)N2S(=O)(=O)c1ccc(OC(C)C)cc1. The Balaban J connectivity index is 1.66. The largest absolute Gasteiger partial charge is 0.495 e. The molecule has 3 aromatic rings. The van der Waals surface area contributed by atoms with E-state index in [1.165, 1.54) is 49.6 Å². The number of carbonyl (C=O) groups excluding carboxylic acids is 1. The highest BCUT2D eigenvalue weighted by Crippen LogP contribution is 2.53. The molecule has 0 saturated carbocycles. The third-order valence-electron chi connectivity index (χ3n) is 7.98. The van der Waals surface area contributed by atoms with Crippen LogP contribution in [0.4, 0.5) is 10.1 Å². The molecule has 2 unspecified atom stereocenters. The molecule has 1 saturated heterocycles. The number of benzene rings is 3. The highest BCUT2D eigenvalue weighted by Gasteiger charge is 2.57. The van der Waals surface area contributed by atoms with Crippen LogP contribution in [0.5, 0.6) is 11.5 Å². The predicted octanol–water partition coefficient (Wildman–Crippen LogP) is 5.46. The third kappa shape index (κ3) is 5.25. The number of hydrogen-bond acceptors (Lipinski definition) is 7. The number of carbonyl (C=O) groups is 1. The molecule has 2 aliphatic rings. The normalized spacial score (nSPS) is 20.8. The van der Waals surface area contributed by atoms with Crippen molar-refractivity contribution in [2.45, 2.75) is 62.1 Å². The third-order valence-corrected chi connectivity index (χ3v) is 9.98. The van der Waals surface area contributed by atoms with Crippen molar-refractivity contribution < 1.29 is 27.1 Å². The highest BCUT2D eigenvalue weighted by molar-refractivity contribution is 7.93. The predicted molar refractivity (Wildman–Crippen MR) is 160 cm³/mol. The molecule has 5 rings (SSSR count). The number of halogens is 2. The number of hydrogen-bond donors (Lipinski definition) is 1. The number of methoxy groups -OCH3 is 1. The van der Waals surface area contributed by atoms with Gasteiger partial charge in [0, 0.05) is 11.6 Å². The molecule has 0 bridgehead atoms. The molecule has 2 heterocycles. The molecule has 224 valence electrons. The van der Waals surface area contributed by atoms with Crippen molar-refractivity contribution in [3.05, 3.63) is 82.6 Å². The summed E-state index contributed by atoms with van der Waals surface area (Å²) < 4.78 is 56.0. The zero-order valence-corrected chi connectivity index (χ0v) is 25.4. The van der Waals surface area contributed by atoms with E-state index in [4.69, 9.17) is 26.8 Å². The summed E-state index contributed by atoms with van der Waals surface area (Å²) in [5.74, 6) is -0.709. The van der Waals surface area contributed by atoms with Crippen LogP contribution in [-0.2, 0) is 20.2 Å². The molecule has 8 nitrogen and oxygen atoms in total. The van der Waals surface area contributed by atoms with Gasteiger partial charge in [-0.15, -0.1) is 0 Å². The van der Waals surface area contributed by atoms with Gasteiger partial charge in [-0.1, -0.05) is 29.8 Å².